The molecule has 0 saturated carbocycles. The van der Waals surface area contributed by atoms with E-state index in [0.717, 1.165) is 31.0 Å². The number of carbonyl (C=O) groups excluding carboxylic acids is 1. The summed E-state index contributed by atoms with van der Waals surface area (Å²) in [6.07, 6.45) is 5.65. The monoisotopic (exact) mass is 353 g/mol. The van der Waals surface area contributed by atoms with Crippen LogP contribution in [0.15, 0.2) is 0 Å². The number of carbonyl (C=O) groups is 1. The van der Waals surface area contributed by atoms with Gasteiger partial charge in [-0.15, -0.1) is 0 Å². The maximum atomic E-state index is 10.7. The fourth-order valence-electron chi connectivity index (χ4n) is 4.19. The van der Waals surface area contributed by atoms with Crippen LogP contribution in [0.3, 0.4) is 0 Å². The first-order valence-electron chi connectivity index (χ1n) is 10.2. The lowest BCUT2D eigenvalue weighted by molar-refractivity contribution is -0.132. The van der Waals surface area contributed by atoms with E-state index < -0.39 is 0 Å². The van der Waals surface area contributed by atoms with Gasteiger partial charge >= 0.3 is 0 Å². The molecule has 3 aliphatic heterocycles. The molecule has 0 radical (unpaired) electrons. The molecule has 3 saturated heterocycles. The summed E-state index contributed by atoms with van der Waals surface area (Å²) in [5.74, 6) is 2.03. The van der Waals surface area contributed by atoms with Gasteiger partial charge in [-0.2, -0.15) is 0 Å². The highest BCUT2D eigenvalue weighted by Gasteiger charge is 2.28. The van der Waals surface area contributed by atoms with E-state index in [4.69, 9.17) is 4.74 Å². The van der Waals surface area contributed by atoms with Gasteiger partial charge in [0.2, 0.25) is 5.91 Å². The van der Waals surface area contributed by atoms with Crippen molar-refractivity contribution in [1.29, 1.82) is 0 Å². The summed E-state index contributed by atoms with van der Waals surface area (Å²) in [4.78, 5) is 17.7. The average Bonchev–Trinajstić information content (AvgIpc) is 2.64. The molecule has 0 aliphatic carbocycles. The predicted octanol–water partition coefficient (Wildman–Crippen LogP) is 2.31. The normalized spacial score (nSPS) is 24.9. The number of amides is 1. The summed E-state index contributed by atoms with van der Waals surface area (Å²) in [6, 6.07) is 0.893. The van der Waals surface area contributed by atoms with Crippen molar-refractivity contribution < 1.29 is 9.53 Å². The van der Waals surface area contributed by atoms with Crippen molar-refractivity contribution in [3.8, 4) is 0 Å². The Labute approximate surface area is 154 Å². The maximum absolute atomic E-state index is 10.7. The molecular weight excluding hydrogens is 314 g/mol. The molecule has 25 heavy (non-hydrogen) atoms. The topological polar surface area (TPSA) is 36.0 Å². The Hall–Kier alpha value is -0.650. The number of nitrogens with zero attached hydrogens (tertiary/aromatic N) is 3. The van der Waals surface area contributed by atoms with Crippen LogP contribution in [-0.2, 0) is 9.53 Å². The van der Waals surface area contributed by atoms with Crippen molar-refractivity contribution in [2.24, 2.45) is 11.8 Å². The molecule has 0 spiro atoms. The van der Waals surface area contributed by atoms with Crippen molar-refractivity contribution in [2.45, 2.75) is 52.5 Å². The smallest absolute Gasteiger partial charge is 0.219 e. The van der Waals surface area contributed by atoms with Gasteiger partial charge in [0, 0.05) is 26.1 Å². The van der Waals surface area contributed by atoms with Gasteiger partial charge in [-0.1, -0.05) is 13.8 Å². The lowest BCUT2D eigenvalue weighted by Crippen LogP contribution is -2.47. The molecule has 0 aromatic heterocycles. The van der Waals surface area contributed by atoms with Crippen LogP contribution in [0, 0.1) is 11.8 Å². The number of likely N-dealkylation sites (tertiary alicyclic amines) is 2. The van der Waals surface area contributed by atoms with Gasteiger partial charge in [0.25, 0.3) is 0 Å². The molecule has 3 fully saturated rings. The van der Waals surface area contributed by atoms with E-state index in [0.29, 0.717) is 13.2 Å². The zero-order chi connectivity index (χ0) is 18.2. The second kappa shape index (κ2) is 10.5. The summed E-state index contributed by atoms with van der Waals surface area (Å²) in [5.41, 5.74) is 0. The number of rotatable bonds is 2. The molecule has 0 atom stereocenters. The zero-order valence-corrected chi connectivity index (χ0v) is 16.9. The molecule has 0 aromatic carbocycles. The number of piperidine rings is 2. The second-order valence-corrected chi connectivity index (χ2v) is 8.27. The van der Waals surface area contributed by atoms with E-state index in [1.54, 1.807) is 11.8 Å². The van der Waals surface area contributed by atoms with Crippen LogP contribution in [0.2, 0.25) is 0 Å². The minimum atomic E-state index is 0.151. The summed E-state index contributed by atoms with van der Waals surface area (Å²) in [6.45, 7) is 14.6. The largest absolute Gasteiger partial charge is 0.378 e. The van der Waals surface area contributed by atoms with Crippen molar-refractivity contribution >= 4 is 5.91 Å². The lowest BCUT2D eigenvalue weighted by atomic mass is 9.85. The highest BCUT2D eigenvalue weighted by atomic mass is 16.5. The molecule has 3 heterocycles. The van der Waals surface area contributed by atoms with E-state index in [1.165, 1.54) is 51.9 Å². The van der Waals surface area contributed by atoms with Crippen molar-refractivity contribution in [3.05, 3.63) is 0 Å². The predicted molar refractivity (Wildman–Crippen MR) is 103 cm³/mol. The molecule has 3 aliphatic rings. The Morgan fingerprint density at radius 1 is 0.920 bits per heavy atom. The van der Waals surface area contributed by atoms with E-state index in [9.17, 15) is 4.79 Å². The van der Waals surface area contributed by atoms with Crippen LogP contribution in [0.25, 0.3) is 0 Å². The SMILES string of the molecule is CC(=O)N1CCOCC1.CC(C)C1CCN(C2CCN(C)CC2)CC1. The minimum absolute atomic E-state index is 0.151. The van der Waals surface area contributed by atoms with Gasteiger partial charge < -0.3 is 19.4 Å². The van der Waals surface area contributed by atoms with Crippen molar-refractivity contribution in [1.82, 2.24) is 14.7 Å². The summed E-state index contributed by atoms with van der Waals surface area (Å²) in [5, 5.41) is 0. The minimum Gasteiger partial charge on any atom is -0.378 e. The summed E-state index contributed by atoms with van der Waals surface area (Å²) >= 11 is 0. The molecule has 0 N–H and O–H groups in total. The summed E-state index contributed by atoms with van der Waals surface area (Å²) in [7, 11) is 2.25. The number of hydrogen-bond donors (Lipinski definition) is 0. The zero-order valence-electron chi connectivity index (χ0n) is 16.9. The van der Waals surface area contributed by atoms with Crippen molar-refractivity contribution in [2.75, 3.05) is 59.5 Å². The van der Waals surface area contributed by atoms with E-state index in [1.807, 2.05) is 0 Å². The van der Waals surface area contributed by atoms with Crippen LogP contribution >= 0.6 is 0 Å². The van der Waals surface area contributed by atoms with Gasteiger partial charge in [0.1, 0.15) is 0 Å². The Balaban J connectivity index is 0.000000212. The highest BCUT2D eigenvalue weighted by molar-refractivity contribution is 5.73. The Morgan fingerprint density at radius 3 is 1.92 bits per heavy atom. The highest BCUT2D eigenvalue weighted by Crippen LogP contribution is 2.27. The molecule has 1 amide bonds. The fraction of sp³-hybridized carbons (Fsp3) is 0.950. The van der Waals surface area contributed by atoms with Crippen LogP contribution in [0.4, 0.5) is 0 Å². The number of hydrogen-bond acceptors (Lipinski definition) is 4. The quantitative estimate of drug-likeness (QED) is 0.763. The standard InChI is InChI=1S/C14H28N2.C6H11NO2/c1-12(2)13-4-10-16(11-5-13)14-6-8-15(3)9-7-14;1-6(8)7-2-4-9-5-3-7/h12-14H,4-11H2,1-3H3;2-5H2,1H3. The molecule has 0 aromatic rings. The van der Waals surface area contributed by atoms with Crippen LogP contribution in [0.1, 0.15) is 46.5 Å². The first-order valence-corrected chi connectivity index (χ1v) is 10.2. The Bertz CT molecular complexity index is 380. The van der Waals surface area contributed by atoms with E-state index in [-0.39, 0.29) is 5.91 Å². The average molecular weight is 354 g/mol. The van der Waals surface area contributed by atoms with Gasteiger partial charge in [0.05, 0.1) is 13.2 Å². The van der Waals surface area contributed by atoms with Gasteiger partial charge in [-0.05, 0) is 70.7 Å². The van der Waals surface area contributed by atoms with Gasteiger partial charge in [0.15, 0.2) is 0 Å². The fourth-order valence-corrected chi connectivity index (χ4v) is 4.19. The van der Waals surface area contributed by atoms with Crippen LogP contribution in [0.5, 0.6) is 0 Å². The third kappa shape index (κ3) is 6.87. The molecule has 5 heteroatoms. The van der Waals surface area contributed by atoms with E-state index >= 15 is 0 Å². The second-order valence-electron chi connectivity index (χ2n) is 8.27. The van der Waals surface area contributed by atoms with Crippen LogP contribution in [-0.4, -0.2) is 86.2 Å². The molecule has 3 rings (SSSR count). The first-order chi connectivity index (χ1) is 12.0. The Kier molecular flexibility index (Phi) is 8.67. The molecule has 5 nitrogen and oxygen atoms in total. The van der Waals surface area contributed by atoms with Crippen LogP contribution < -0.4 is 0 Å². The third-order valence-corrected chi connectivity index (χ3v) is 6.18. The number of ether oxygens (including phenoxy) is 1. The lowest BCUT2D eigenvalue weighted by Gasteiger charge is -2.41. The number of morpholine rings is 1. The van der Waals surface area contributed by atoms with Crippen molar-refractivity contribution in [3.63, 3.8) is 0 Å². The molecule has 0 unspecified atom stereocenters. The first kappa shape index (κ1) is 20.7. The molecular formula is C20H39N3O2. The third-order valence-electron chi connectivity index (χ3n) is 6.18. The molecule has 0 bridgehead atoms. The van der Waals surface area contributed by atoms with Gasteiger partial charge in [-0.3, -0.25) is 4.79 Å². The Morgan fingerprint density at radius 2 is 1.48 bits per heavy atom. The summed E-state index contributed by atoms with van der Waals surface area (Å²) < 4.78 is 5.06. The molecule has 146 valence electrons. The maximum Gasteiger partial charge on any atom is 0.219 e. The van der Waals surface area contributed by atoms with Gasteiger partial charge in [-0.25, -0.2) is 0 Å². The van der Waals surface area contributed by atoms with E-state index in [2.05, 4.69) is 30.7 Å².